The average Bonchev–Trinajstić information content (AvgIpc) is 2.52. The van der Waals surface area contributed by atoms with Crippen molar-refractivity contribution < 1.29 is 14.3 Å². The van der Waals surface area contributed by atoms with Crippen LogP contribution in [0.3, 0.4) is 0 Å². The van der Waals surface area contributed by atoms with Crippen LogP contribution in [0.5, 0.6) is 0 Å². The quantitative estimate of drug-likeness (QED) is 0.724. The van der Waals surface area contributed by atoms with E-state index in [9.17, 15) is 9.59 Å². The number of carbonyl (C=O) groups is 2. The van der Waals surface area contributed by atoms with Gasteiger partial charge in [0.2, 0.25) is 0 Å². The zero-order valence-electron chi connectivity index (χ0n) is 13.4. The van der Waals surface area contributed by atoms with Crippen molar-refractivity contribution in [1.29, 1.82) is 0 Å². The van der Waals surface area contributed by atoms with Gasteiger partial charge in [0.15, 0.2) is 0 Å². The Kier molecular flexibility index (Phi) is 6.92. The standard InChI is InChI=1S/C17H25NO3/c1-5-8-18(9-6-2)16(19)14-10-13(7-3)11-15(12-14)17(20)21-4/h10-12H,5-9H2,1-4H3. The lowest BCUT2D eigenvalue weighted by Gasteiger charge is -2.22. The Labute approximate surface area is 127 Å². The van der Waals surface area contributed by atoms with E-state index >= 15 is 0 Å². The molecular formula is C17H25NO3. The van der Waals surface area contributed by atoms with Gasteiger partial charge in [0.25, 0.3) is 5.91 Å². The minimum atomic E-state index is -0.406. The van der Waals surface area contributed by atoms with Crippen molar-refractivity contribution in [3.63, 3.8) is 0 Å². The van der Waals surface area contributed by atoms with Crippen molar-refractivity contribution in [1.82, 2.24) is 4.90 Å². The second-order valence-corrected chi connectivity index (χ2v) is 5.06. The summed E-state index contributed by atoms with van der Waals surface area (Å²) in [5.41, 5.74) is 1.97. The number of nitrogens with zero attached hydrogens (tertiary/aromatic N) is 1. The summed E-state index contributed by atoms with van der Waals surface area (Å²) in [5.74, 6) is -0.420. The first kappa shape index (κ1) is 17.2. The number of hydrogen-bond donors (Lipinski definition) is 0. The third-order valence-corrected chi connectivity index (χ3v) is 3.34. The Morgan fingerprint density at radius 1 is 1.00 bits per heavy atom. The van der Waals surface area contributed by atoms with Crippen LogP contribution in [0.15, 0.2) is 18.2 Å². The van der Waals surface area contributed by atoms with Crippen LogP contribution in [0.4, 0.5) is 0 Å². The van der Waals surface area contributed by atoms with E-state index in [1.165, 1.54) is 7.11 Å². The van der Waals surface area contributed by atoms with Crippen LogP contribution in [0.1, 0.15) is 59.9 Å². The molecule has 0 atom stereocenters. The predicted molar refractivity (Wildman–Crippen MR) is 83.6 cm³/mol. The fraction of sp³-hybridized carbons (Fsp3) is 0.529. The highest BCUT2D eigenvalue weighted by atomic mass is 16.5. The number of carbonyl (C=O) groups excluding carboxylic acids is 2. The summed E-state index contributed by atoms with van der Waals surface area (Å²) >= 11 is 0. The van der Waals surface area contributed by atoms with Crippen LogP contribution in [0, 0.1) is 0 Å². The highest BCUT2D eigenvalue weighted by Gasteiger charge is 2.17. The summed E-state index contributed by atoms with van der Waals surface area (Å²) in [4.78, 5) is 26.2. The molecule has 0 fully saturated rings. The van der Waals surface area contributed by atoms with Crippen molar-refractivity contribution in [3.05, 3.63) is 34.9 Å². The Morgan fingerprint density at radius 3 is 2.05 bits per heavy atom. The van der Waals surface area contributed by atoms with Crippen LogP contribution in [-0.4, -0.2) is 37.0 Å². The van der Waals surface area contributed by atoms with Gasteiger partial charge < -0.3 is 9.64 Å². The van der Waals surface area contributed by atoms with Crippen LogP contribution < -0.4 is 0 Å². The summed E-state index contributed by atoms with van der Waals surface area (Å²) in [6.07, 6.45) is 2.61. The SMILES string of the molecule is CCCN(CCC)C(=O)c1cc(CC)cc(C(=O)OC)c1. The van der Waals surface area contributed by atoms with Crippen LogP contribution >= 0.6 is 0 Å². The molecule has 1 rings (SSSR count). The van der Waals surface area contributed by atoms with E-state index in [0.717, 1.165) is 37.9 Å². The molecule has 0 N–H and O–H groups in total. The largest absolute Gasteiger partial charge is 0.465 e. The molecule has 21 heavy (non-hydrogen) atoms. The molecule has 0 heterocycles. The first-order valence-corrected chi connectivity index (χ1v) is 7.58. The number of ether oxygens (including phenoxy) is 1. The molecule has 116 valence electrons. The average molecular weight is 291 g/mol. The summed E-state index contributed by atoms with van der Waals surface area (Å²) < 4.78 is 4.76. The normalized spacial score (nSPS) is 10.3. The molecule has 0 unspecified atom stereocenters. The summed E-state index contributed by atoms with van der Waals surface area (Å²) in [6, 6.07) is 5.28. The van der Waals surface area contributed by atoms with Gasteiger partial charge in [0.05, 0.1) is 12.7 Å². The Hall–Kier alpha value is -1.84. The lowest BCUT2D eigenvalue weighted by molar-refractivity contribution is 0.0600. The Balaban J connectivity index is 3.14. The van der Waals surface area contributed by atoms with Crippen molar-refractivity contribution in [3.8, 4) is 0 Å². The molecule has 1 aromatic rings. The second kappa shape index (κ2) is 8.45. The Morgan fingerprint density at radius 2 is 1.57 bits per heavy atom. The highest BCUT2D eigenvalue weighted by molar-refractivity contribution is 5.98. The van der Waals surface area contributed by atoms with E-state index in [-0.39, 0.29) is 5.91 Å². The van der Waals surface area contributed by atoms with Gasteiger partial charge in [-0.1, -0.05) is 20.8 Å². The number of rotatable bonds is 7. The summed E-state index contributed by atoms with van der Waals surface area (Å²) in [7, 11) is 1.35. The van der Waals surface area contributed by atoms with Gasteiger partial charge in [0, 0.05) is 18.7 Å². The van der Waals surface area contributed by atoms with Gasteiger partial charge in [-0.25, -0.2) is 4.79 Å². The fourth-order valence-electron chi connectivity index (χ4n) is 2.29. The van der Waals surface area contributed by atoms with Gasteiger partial charge in [-0.15, -0.1) is 0 Å². The molecule has 4 heteroatoms. The van der Waals surface area contributed by atoms with Crippen molar-refractivity contribution in [2.45, 2.75) is 40.0 Å². The summed E-state index contributed by atoms with van der Waals surface area (Å²) in [6.45, 7) is 7.57. The maximum atomic E-state index is 12.6. The van der Waals surface area contributed by atoms with Crippen molar-refractivity contribution in [2.24, 2.45) is 0 Å². The monoisotopic (exact) mass is 291 g/mol. The molecule has 4 nitrogen and oxygen atoms in total. The topological polar surface area (TPSA) is 46.6 Å². The third kappa shape index (κ3) is 4.59. The molecular weight excluding hydrogens is 266 g/mol. The number of amides is 1. The fourth-order valence-corrected chi connectivity index (χ4v) is 2.29. The van der Waals surface area contributed by atoms with E-state index < -0.39 is 5.97 Å². The van der Waals surface area contributed by atoms with Gasteiger partial charge >= 0.3 is 5.97 Å². The van der Waals surface area contributed by atoms with E-state index in [4.69, 9.17) is 4.74 Å². The van der Waals surface area contributed by atoms with Gasteiger partial charge in [-0.05, 0) is 43.0 Å². The lowest BCUT2D eigenvalue weighted by Crippen LogP contribution is -2.32. The maximum absolute atomic E-state index is 12.6. The molecule has 0 radical (unpaired) electrons. The number of aryl methyl sites for hydroxylation is 1. The zero-order chi connectivity index (χ0) is 15.8. The van der Waals surface area contributed by atoms with Crippen LogP contribution in [-0.2, 0) is 11.2 Å². The molecule has 0 spiro atoms. The maximum Gasteiger partial charge on any atom is 0.337 e. The Bertz CT molecular complexity index is 491. The lowest BCUT2D eigenvalue weighted by atomic mass is 10.0. The molecule has 0 aromatic heterocycles. The first-order chi connectivity index (χ1) is 10.1. The number of methoxy groups -OCH3 is 1. The zero-order valence-corrected chi connectivity index (χ0v) is 13.4. The van der Waals surface area contributed by atoms with E-state index in [0.29, 0.717) is 11.1 Å². The molecule has 0 saturated carbocycles. The minimum Gasteiger partial charge on any atom is -0.465 e. The molecule has 0 aliphatic carbocycles. The number of hydrogen-bond acceptors (Lipinski definition) is 3. The highest BCUT2D eigenvalue weighted by Crippen LogP contribution is 2.15. The molecule has 0 bridgehead atoms. The molecule has 1 aromatic carbocycles. The molecule has 0 aliphatic rings. The molecule has 1 amide bonds. The smallest absolute Gasteiger partial charge is 0.337 e. The predicted octanol–water partition coefficient (Wildman–Crippen LogP) is 3.30. The van der Waals surface area contributed by atoms with Gasteiger partial charge in [-0.3, -0.25) is 4.79 Å². The van der Waals surface area contributed by atoms with E-state index in [1.54, 1.807) is 12.1 Å². The van der Waals surface area contributed by atoms with Gasteiger partial charge in [0.1, 0.15) is 0 Å². The molecule has 0 aliphatic heterocycles. The van der Waals surface area contributed by atoms with Crippen LogP contribution in [0.25, 0.3) is 0 Å². The van der Waals surface area contributed by atoms with Crippen molar-refractivity contribution >= 4 is 11.9 Å². The van der Waals surface area contributed by atoms with E-state index in [2.05, 4.69) is 13.8 Å². The van der Waals surface area contributed by atoms with Crippen molar-refractivity contribution in [2.75, 3.05) is 20.2 Å². The van der Waals surface area contributed by atoms with Crippen LogP contribution in [0.2, 0.25) is 0 Å². The minimum absolute atomic E-state index is 0.0147. The van der Waals surface area contributed by atoms with E-state index in [1.807, 2.05) is 17.9 Å². The number of benzene rings is 1. The second-order valence-electron chi connectivity index (χ2n) is 5.06. The third-order valence-electron chi connectivity index (χ3n) is 3.34. The molecule has 0 saturated heterocycles. The first-order valence-electron chi connectivity index (χ1n) is 7.58. The number of esters is 1. The van der Waals surface area contributed by atoms with Gasteiger partial charge in [-0.2, -0.15) is 0 Å². The summed E-state index contributed by atoms with van der Waals surface area (Å²) in [5, 5.41) is 0.